The summed E-state index contributed by atoms with van der Waals surface area (Å²) in [4.78, 5) is 9.99. The summed E-state index contributed by atoms with van der Waals surface area (Å²) < 4.78 is 40.2. The average Bonchev–Trinajstić information content (AvgIpc) is 2.43. The molecule has 0 spiro atoms. The van der Waals surface area contributed by atoms with Gasteiger partial charge in [0.1, 0.15) is 5.82 Å². The van der Waals surface area contributed by atoms with Crippen molar-refractivity contribution in [3.63, 3.8) is 0 Å². The Morgan fingerprint density at radius 2 is 1.86 bits per heavy atom. The quantitative estimate of drug-likeness (QED) is 0.687. The maximum Gasteiger partial charge on any atom is 0.295 e. The molecule has 0 radical (unpaired) electrons. The van der Waals surface area contributed by atoms with E-state index >= 15 is 0 Å². The number of aryl methyl sites for hydroxylation is 1. The SMILES string of the molecule is Cc1ccc(CNc2c([N+](=O)[O-])ccc(F)c2F)cc1F. The third kappa shape index (κ3) is 3.13. The lowest BCUT2D eigenvalue weighted by atomic mass is 10.1. The first kappa shape index (κ1) is 14.8. The van der Waals surface area contributed by atoms with E-state index in [1.807, 2.05) is 0 Å². The van der Waals surface area contributed by atoms with Crippen molar-refractivity contribution in [3.05, 3.63) is 69.0 Å². The molecule has 2 aromatic carbocycles. The van der Waals surface area contributed by atoms with Crippen molar-refractivity contribution >= 4 is 11.4 Å². The molecular formula is C14H11F3N2O2. The van der Waals surface area contributed by atoms with Gasteiger partial charge in [-0.15, -0.1) is 0 Å². The van der Waals surface area contributed by atoms with E-state index in [1.54, 1.807) is 13.0 Å². The lowest BCUT2D eigenvalue weighted by molar-refractivity contribution is -0.384. The van der Waals surface area contributed by atoms with Crippen LogP contribution in [0.3, 0.4) is 0 Å². The summed E-state index contributed by atoms with van der Waals surface area (Å²) in [6.45, 7) is 1.52. The molecule has 0 saturated heterocycles. The van der Waals surface area contributed by atoms with Crippen molar-refractivity contribution in [2.24, 2.45) is 0 Å². The van der Waals surface area contributed by atoms with Crippen LogP contribution < -0.4 is 5.32 Å². The molecule has 0 aliphatic rings. The highest BCUT2D eigenvalue weighted by Gasteiger charge is 2.21. The molecule has 4 nitrogen and oxygen atoms in total. The molecule has 0 amide bonds. The molecule has 2 aromatic rings. The van der Waals surface area contributed by atoms with E-state index in [1.165, 1.54) is 12.1 Å². The second-order valence-electron chi connectivity index (χ2n) is 4.45. The summed E-state index contributed by atoms with van der Waals surface area (Å²) in [6.07, 6.45) is 0. The van der Waals surface area contributed by atoms with E-state index in [0.717, 1.165) is 6.07 Å². The van der Waals surface area contributed by atoms with Crippen LogP contribution in [0.15, 0.2) is 30.3 Å². The minimum atomic E-state index is -1.34. The van der Waals surface area contributed by atoms with Crippen LogP contribution in [0.2, 0.25) is 0 Å². The first-order valence-corrected chi connectivity index (χ1v) is 6.01. The molecule has 0 fully saturated rings. The van der Waals surface area contributed by atoms with Crippen molar-refractivity contribution in [1.82, 2.24) is 0 Å². The van der Waals surface area contributed by atoms with E-state index in [-0.39, 0.29) is 6.54 Å². The Balaban J connectivity index is 2.28. The van der Waals surface area contributed by atoms with E-state index in [2.05, 4.69) is 5.32 Å². The smallest absolute Gasteiger partial charge is 0.295 e. The van der Waals surface area contributed by atoms with Gasteiger partial charge in [0.05, 0.1) is 4.92 Å². The zero-order chi connectivity index (χ0) is 15.6. The molecule has 0 heterocycles. The van der Waals surface area contributed by atoms with Crippen molar-refractivity contribution in [2.45, 2.75) is 13.5 Å². The van der Waals surface area contributed by atoms with Gasteiger partial charge in [0, 0.05) is 12.6 Å². The minimum Gasteiger partial charge on any atom is -0.373 e. The number of rotatable bonds is 4. The summed E-state index contributed by atoms with van der Waals surface area (Å²) in [5, 5.41) is 13.3. The summed E-state index contributed by atoms with van der Waals surface area (Å²) in [5.74, 6) is -2.97. The second-order valence-corrected chi connectivity index (χ2v) is 4.45. The van der Waals surface area contributed by atoms with Crippen LogP contribution in [0.4, 0.5) is 24.5 Å². The van der Waals surface area contributed by atoms with Gasteiger partial charge in [-0.1, -0.05) is 12.1 Å². The van der Waals surface area contributed by atoms with Crippen molar-refractivity contribution < 1.29 is 18.1 Å². The molecule has 21 heavy (non-hydrogen) atoms. The summed E-state index contributed by atoms with van der Waals surface area (Å²) in [6, 6.07) is 5.91. The molecule has 0 bridgehead atoms. The van der Waals surface area contributed by atoms with Crippen LogP contribution in [-0.4, -0.2) is 4.92 Å². The third-order valence-electron chi connectivity index (χ3n) is 2.98. The fourth-order valence-corrected chi connectivity index (χ4v) is 1.80. The number of nitrogens with one attached hydrogen (secondary N) is 1. The van der Waals surface area contributed by atoms with Crippen LogP contribution in [0, 0.1) is 34.5 Å². The molecule has 0 aromatic heterocycles. The molecule has 2 rings (SSSR count). The number of halogens is 3. The molecule has 110 valence electrons. The Morgan fingerprint density at radius 1 is 1.14 bits per heavy atom. The van der Waals surface area contributed by atoms with E-state index in [0.29, 0.717) is 17.2 Å². The average molecular weight is 296 g/mol. The molecular weight excluding hydrogens is 285 g/mol. The Bertz CT molecular complexity index is 705. The van der Waals surface area contributed by atoms with E-state index in [4.69, 9.17) is 0 Å². The maximum absolute atomic E-state index is 13.7. The molecule has 0 unspecified atom stereocenters. The van der Waals surface area contributed by atoms with Crippen LogP contribution >= 0.6 is 0 Å². The maximum atomic E-state index is 13.7. The van der Waals surface area contributed by atoms with Crippen molar-refractivity contribution in [1.29, 1.82) is 0 Å². The number of nitro benzene ring substituents is 1. The zero-order valence-corrected chi connectivity index (χ0v) is 11.0. The first-order chi connectivity index (χ1) is 9.90. The normalized spacial score (nSPS) is 10.5. The Labute approximate surface area is 118 Å². The highest BCUT2D eigenvalue weighted by molar-refractivity contribution is 5.62. The molecule has 0 aliphatic carbocycles. The van der Waals surface area contributed by atoms with Gasteiger partial charge in [-0.3, -0.25) is 10.1 Å². The number of nitro groups is 1. The van der Waals surface area contributed by atoms with Crippen LogP contribution in [0.5, 0.6) is 0 Å². The highest BCUT2D eigenvalue weighted by atomic mass is 19.2. The third-order valence-corrected chi connectivity index (χ3v) is 2.98. The fraction of sp³-hybridized carbons (Fsp3) is 0.143. The lowest BCUT2D eigenvalue weighted by Crippen LogP contribution is -2.06. The lowest BCUT2D eigenvalue weighted by Gasteiger charge is -2.09. The number of hydrogen-bond donors (Lipinski definition) is 1. The van der Waals surface area contributed by atoms with E-state index in [9.17, 15) is 23.3 Å². The zero-order valence-electron chi connectivity index (χ0n) is 11.0. The predicted molar refractivity (Wildman–Crippen MR) is 71.5 cm³/mol. The molecule has 7 heteroatoms. The van der Waals surface area contributed by atoms with Gasteiger partial charge in [0.2, 0.25) is 0 Å². The van der Waals surface area contributed by atoms with Crippen LogP contribution in [0.25, 0.3) is 0 Å². The number of anilines is 1. The van der Waals surface area contributed by atoms with Crippen LogP contribution in [-0.2, 0) is 6.54 Å². The highest BCUT2D eigenvalue weighted by Crippen LogP contribution is 2.29. The number of benzene rings is 2. The van der Waals surface area contributed by atoms with Crippen molar-refractivity contribution in [2.75, 3.05) is 5.32 Å². The van der Waals surface area contributed by atoms with Crippen LogP contribution in [0.1, 0.15) is 11.1 Å². The molecule has 1 N–H and O–H groups in total. The summed E-state index contributed by atoms with van der Waals surface area (Å²) >= 11 is 0. The Morgan fingerprint density at radius 3 is 2.48 bits per heavy atom. The largest absolute Gasteiger partial charge is 0.373 e. The molecule has 0 aliphatic heterocycles. The number of nitrogens with zero attached hydrogens (tertiary/aromatic N) is 1. The van der Waals surface area contributed by atoms with Gasteiger partial charge < -0.3 is 5.32 Å². The van der Waals surface area contributed by atoms with Gasteiger partial charge in [0.25, 0.3) is 5.69 Å². The topological polar surface area (TPSA) is 55.2 Å². The second kappa shape index (κ2) is 5.82. The molecule has 0 atom stereocenters. The first-order valence-electron chi connectivity index (χ1n) is 6.01. The van der Waals surface area contributed by atoms with Gasteiger partial charge >= 0.3 is 0 Å². The standard InChI is InChI=1S/C14H11F3N2O2/c1-8-2-3-9(6-11(8)16)7-18-14-12(19(20)21)5-4-10(15)13(14)17/h2-6,18H,7H2,1H3. The summed E-state index contributed by atoms with van der Waals surface area (Å²) in [5.41, 5.74) is -0.236. The predicted octanol–water partition coefficient (Wildman–Crippen LogP) is 3.93. The Hall–Kier alpha value is -2.57. The van der Waals surface area contributed by atoms with Gasteiger partial charge in [0.15, 0.2) is 17.3 Å². The Kier molecular flexibility index (Phi) is 4.11. The van der Waals surface area contributed by atoms with E-state index < -0.39 is 33.7 Å². The van der Waals surface area contributed by atoms with Gasteiger partial charge in [-0.25, -0.2) is 13.2 Å². The van der Waals surface area contributed by atoms with Gasteiger partial charge in [-0.2, -0.15) is 0 Å². The van der Waals surface area contributed by atoms with Gasteiger partial charge in [-0.05, 0) is 30.2 Å². The minimum absolute atomic E-state index is 0.0710. The number of hydrogen-bond acceptors (Lipinski definition) is 3. The fourth-order valence-electron chi connectivity index (χ4n) is 1.80. The van der Waals surface area contributed by atoms with Crippen molar-refractivity contribution in [3.8, 4) is 0 Å². The summed E-state index contributed by atoms with van der Waals surface area (Å²) in [7, 11) is 0. The monoisotopic (exact) mass is 296 g/mol. The molecule has 0 saturated carbocycles.